The minimum atomic E-state index is 0.507. The lowest BCUT2D eigenvalue weighted by molar-refractivity contribution is 0.588. The Morgan fingerprint density at radius 3 is 2.20 bits per heavy atom. The molecule has 0 spiro atoms. The molecule has 0 nitrogen and oxygen atoms in total. The van der Waals surface area contributed by atoms with E-state index in [1.807, 2.05) is 0 Å². The van der Waals surface area contributed by atoms with Gasteiger partial charge in [0.1, 0.15) is 0 Å². The van der Waals surface area contributed by atoms with Crippen molar-refractivity contribution in [1.82, 2.24) is 0 Å². The molecule has 180 valence electrons. The van der Waals surface area contributed by atoms with E-state index in [2.05, 4.69) is 75.4 Å². The molecule has 0 bridgehead atoms. The summed E-state index contributed by atoms with van der Waals surface area (Å²) in [4.78, 5) is 0. The second kappa shape index (κ2) is 9.45. The molecule has 2 aliphatic rings. The van der Waals surface area contributed by atoms with Gasteiger partial charge in [0.15, 0.2) is 0 Å². The van der Waals surface area contributed by atoms with E-state index in [0.29, 0.717) is 11.8 Å². The van der Waals surface area contributed by atoms with E-state index in [-0.39, 0.29) is 0 Å². The van der Waals surface area contributed by atoms with Gasteiger partial charge in [-0.25, -0.2) is 0 Å². The van der Waals surface area contributed by atoms with Crippen LogP contribution < -0.4 is 0 Å². The number of rotatable bonds is 3. The summed E-state index contributed by atoms with van der Waals surface area (Å²) in [5.74, 6) is 1.18. The molecule has 0 radical (unpaired) electrons. The standard InChI is InChI=1S/C35H40/c1-23(2)33-30(25-13-9-6-10-14-25)22-31-29-20-19-26-15-11-12-18-28(26)34(29)24(3)21-32(31)35(33)27-16-7-4-5-8-17-27/h6,9-10,13-14,19-23,27H,4-5,7-8,11-12,15-18H2,1-3H3. The predicted octanol–water partition coefficient (Wildman–Crippen LogP) is 10.4. The molecule has 0 aliphatic heterocycles. The molecular formula is C35H40. The highest BCUT2D eigenvalue weighted by atomic mass is 14.3. The highest BCUT2D eigenvalue weighted by molar-refractivity contribution is 6.13. The Kier molecular flexibility index (Phi) is 6.17. The van der Waals surface area contributed by atoms with Crippen LogP contribution in [0.2, 0.25) is 0 Å². The summed E-state index contributed by atoms with van der Waals surface area (Å²) in [6, 6.07) is 21.3. The van der Waals surface area contributed by atoms with Crippen LogP contribution in [0.3, 0.4) is 0 Å². The first-order valence-electron chi connectivity index (χ1n) is 14.2. The summed E-state index contributed by atoms with van der Waals surface area (Å²) in [6.45, 7) is 7.21. The van der Waals surface area contributed by atoms with Crippen molar-refractivity contribution in [1.29, 1.82) is 0 Å². The predicted molar refractivity (Wildman–Crippen MR) is 153 cm³/mol. The smallest absolute Gasteiger partial charge is 0.00959 e. The number of aryl methyl sites for hydroxylation is 3. The monoisotopic (exact) mass is 460 g/mol. The van der Waals surface area contributed by atoms with Gasteiger partial charge >= 0.3 is 0 Å². The van der Waals surface area contributed by atoms with Gasteiger partial charge in [0, 0.05) is 0 Å². The molecule has 2 aliphatic carbocycles. The van der Waals surface area contributed by atoms with Crippen LogP contribution in [0.5, 0.6) is 0 Å². The SMILES string of the molecule is Cc1cc2c(C3CCCCCC3)c(C(C)C)c(-c3ccccc3)cc2c2ccc3c(c12)CCCC3. The molecule has 0 N–H and O–H groups in total. The van der Waals surface area contributed by atoms with Gasteiger partial charge in [-0.2, -0.15) is 0 Å². The Labute approximate surface area is 211 Å². The normalized spacial score (nSPS) is 17.1. The van der Waals surface area contributed by atoms with Crippen LogP contribution in [0, 0.1) is 6.92 Å². The van der Waals surface area contributed by atoms with Gasteiger partial charge in [-0.1, -0.05) is 88.1 Å². The third-order valence-corrected chi connectivity index (χ3v) is 8.95. The van der Waals surface area contributed by atoms with E-state index in [9.17, 15) is 0 Å². The fourth-order valence-electron chi connectivity index (χ4n) is 7.39. The first kappa shape index (κ1) is 22.8. The summed E-state index contributed by atoms with van der Waals surface area (Å²) in [5.41, 5.74) is 10.8. The largest absolute Gasteiger partial charge is 0.0622 e. The second-order valence-electron chi connectivity index (χ2n) is 11.6. The minimum absolute atomic E-state index is 0.507. The molecule has 0 unspecified atom stereocenters. The zero-order valence-electron chi connectivity index (χ0n) is 21.9. The number of hydrogen-bond donors (Lipinski definition) is 0. The summed E-state index contributed by atoms with van der Waals surface area (Å²) in [7, 11) is 0. The van der Waals surface area contributed by atoms with Gasteiger partial charge in [0.25, 0.3) is 0 Å². The van der Waals surface area contributed by atoms with Gasteiger partial charge in [0.2, 0.25) is 0 Å². The Balaban J connectivity index is 1.75. The van der Waals surface area contributed by atoms with Crippen LogP contribution in [-0.2, 0) is 12.8 Å². The quantitative estimate of drug-likeness (QED) is 0.211. The van der Waals surface area contributed by atoms with Crippen molar-refractivity contribution in [3.05, 3.63) is 82.4 Å². The van der Waals surface area contributed by atoms with E-state index in [4.69, 9.17) is 0 Å². The van der Waals surface area contributed by atoms with E-state index in [1.54, 1.807) is 33.0 Å². The third kappa shape index (κ3) is 4.00. The van der Waals surface area contributed by atoms with E-state index >= 15 is 0 Å². The highest BCUT2D eigenvalue weighted by Crippen LogP contribution is 2.47. The van der Waals surface area contributed by atoms with Gasteiger partial charge in [0.05, 0.1) is 0 Å². The van der Waals surface area contributed by atoms with E-state index < -0.39 is 0 Å². The summed E-state index contributed by atoms with van der Waals surface area (Å²) in [6.07, 6.45) is 13.4. The summed E-state index contributed by atoms with van der Waals surface area (Å²) < 4.78 is 0. The van der Waals surface area contributed by atoms with Crippen LogP contribution in [0.1, 0.15) is 105 Å². The molecule has 0 heterocycles. The molecule has 0 amide bonds. The van der Waals surface area contributed by atoms with E-state index in [1.165, 1.54) is 91.7 Å². The fraction of sp³-hybridized carbons (Fsp3) is 0.429. The molecule has 1 saturated carbocycles. The average molecular weight is 461 g/mol. The van der Waals surface area contributed by atoms with Crippen molar-refractivity contribution in [2.24, 2.45) is 0 Å². The summed E-state index contributed by atoms with van der Waals surface area (Å²) in [5, 5.41) is 6.07. The number of hydrogen-bond acceptors (Lipinski definition) is 0. The molecule has 1 fully saturated rings. The van der Waals surface area contributed by atoms with E-state index in [0.717, 1.165) is 0 Å². The highest BCUT2D eigenvalue weighted by Gasteiger charge is 2.26. The lowest BCUT2D eigenvalue weighted by atomic mass is 9.76. The number of fused-ring (bicyclic) bond motifs is 5. The van der Waals surface area contributed by atoms with Gasteiger partial charge in [-0.05, 0) is 124 Å². The van der Waals surface area contributed by atoms with Crippen LogP contribution in [0.15, 0.2) is 54.6 Å². The lowest BCUT2D eigenvalue weighted by Crippen LogP contribution is -2.08. The van der Waals surface area contributed by atoms with Crippen molar-refractivity contribution >= 4 is 21.5 Å². The summed E-state index contributed by atoms with van der Waals surface area (Å²) >= 11 is 0. The maximum atomic E-state index is 2.59. The van der Waals surface area contributed by atoms with Crippen molar-refractivity contribution in [2.45, 2.75) is 96.8 Å². The molecule has 0 atom stereocenters. The van der Waals surface area contributed by atoms with Crippen LogP contribution in [0.25, 0.3) is 32.7 Å². The Bertz CT molecular complexity index is 1360. The molecular weight excluding hydrogens is 420 g/mol. The van der Waals surface area contributed by atoms with Gasteiger partial charge in [-0.15, -0.1) is 0 Å². The van der Waals surface area contributed by atoms with Crippen molar-refractivity contribution in [2.75, 3.05) is 0 Å². The Morgan fingerprint density at radius 1 is 0.714 bits per heavy atom. The first-order chi connectivity index (χ1) is 17.1. The molecule has 35 heavy (non-hydrogen) atoms. The van der Waals surface area contributed by atoms with Crippen LogP contribution in [-0.4, -0.2) is 0 Å². The van der Waals surface area contributed by atoms with Crippen molar-refractivity contribution in [3.63, 3.8) is 0 Å². The average Bonchev–Trinajstić information content (AvgIpc) is 3.17. The maximum absolute atomic E-state index is 2.59. The second-order valence-corrected chi connectivity index (χ2v) is 11.6. The Morgan fingerprint density at radius 2 is 1.46 bits per heavy atom. The minimum Gasteiger partial charge on any atom is -0.0622 e. The van der Waals surface area contributed by atoms with Crippen LogP contribution in [0.4, 0.5) is 0 Å². The van der Waals surface area contributed by atoms with Crippen molar-refractivity contribution in [3.8, 4) is 11.1 Å². The zero-order valence-corrected chi connectivity index (χ0v) is 21.9. The molecule has 4 aromatic rings. The molecule has 4 aromatic carbocycles. The topological polar surface area (TPSA) is 0 Å². The van der Waals surface area contributed by atoms with Crippen molar-refractivity contribution < 1.29 is 0 Å². The molecule has 0 heteroatoms. The number of benzene rings is 4. The lowest BCUT2D eigenvalue weighted by Gasteiger charge is -2.28. The van der Waals surface area contributed by atoms with Gasteiger partial charge < -0.3 is 0 Å². The fourth-order valence-corrected chi connectivity index (χ4v) is 7.39. The van der Waals surface area contributed by atoms with Crippen LogP contribution >= 0.6 is 0 Å². The zero-order chi connectivity index (χ0) is 23.9. The molecule has 0 saturated heterocycles. The first-order valence-corrected chi connectivity index (χ1v) is 14.2. The Hall–Kier alpha value is -2.60. The maximum Gasteiger partial charge on any atom is -0.00959 e. The van der Waals surface area contributed by atoms with Gasteiger partial charge in [-0.3, -0.25) is 0 Å². The third-order valence-electron chi connectivity index (χ3n) is 8.95. The molecule has 6 rings (SSSR count). The molecule has 0 aromatic heterocycles.